The van der Waals surface area contributed by atoms with Crippen LogP contribution in [0.15, 0.2) is 82.6 Å². The molecule has 0 radical (unpaired) electrons. The molecule has 2 amide bonds. The molecule has 1 N–H and O–H groups in total. The van der Waals surface area contributed by atoms with Crippen molar-refractivity contribution in [1.29, 1.82) is 0 Å². The number of rotatable bonds is 15. The number of hydrogen-bond acceptors (Lipinski definition) is 6. The number of benzene rings is 3. The molecule has 10 heteroatoms. The summed E-state index contributed by atoms with van der Waals surface area (Å²) in [5, 5.41) is 2.91. The van der Waals surface area contributed by atoms with Crippen LogP contribution in [0.2, 0.25) is 0 Å². The van der Waals surface area contributed by atoms with E-state index in [0.717, 1.165) is 33.2 Å². The highest BCUT2D eigenvalue weighted by Gasteiger charge is 2.34. The Bertz CT molecular complexity index is 1440. The van der Waals surface area contributed by atoms with E-state index in [1.807, 2.05) is 51.3 Å². The van der Waals surface area contributed by atoms with Gasteiger partial charge in [0.15, 0.2) is 0 Å². The number of nitrogens with zero attached hydrogens (tertiary/aromatic N) is 2. The van der Waals surface area contributed by atoms with Crippen LogP contribution in [-0.4, -0.2) is 57.1 Å². The number of unbranched alkanes of at least 4 members (excludes halogenated alkanes) is 1. The van der Waals surface area contributed by atoms with Crippen molar-refractivity contribution < 1.29 is 22.7 Å². The standard InChI is InChI=1S/C32H41N3O5S2/c1-6-8-21-33-32(37)25(4)34(22-26-14-10-9-13-24(26)3)31(36)23-35(29-15-11-12-16-30(29)40-7-2)42(38,39)28-19-17-27(41-5)18-20-28/h9-20,25H,6-8,21-23H2,1-5H3,(H,33,37)/t25-/m0/s1. The van der Waals surface area contributed by atoms with Gasteiger partial charge in [-0.25, -0.2) is 8.42 Å². The summed E-state index contributed by atoms with van der Waals surface area (Å²) >= 11 is 1.50. The molecule has 1 atom stereocenters. The molecule has 3 rings (SSSR count). The largest absolute Gasteiger partial charge is 0.492 e. The second kappa shape index (κ2) is 15.7. The highest BCUT2D eigenvalue weighted by Crippen LogP contribution is 2.33. The third-order valence-electron chi connectivity index (χ3n) is 6.96. The first-order chi connectivity index (χ1) is 20.1. The van der Waals surface area contributed by atoms with Gasteiger partial charge in [-0.3, -0.25) is 13.9 Å². The van der Waals surface area contributed by atoms with Gasteiger partial charge in [-0.1, -0.05) is 49.7 Å². The molecule has 0 aromatic heterocycles. The van der Waals surface area contributed by atoms with E-state index in [2.05, 4.69) is 5.32 Å². The lowest BCUT2D eigenvalue weighted by Gasteiger charge is -2.32. The Morgan fingerprint density at radius 3 is 2.29 bits per heavy atom. The first kappa shape index (κ1) is 33.0. The number of ether oxygens (including phenoxy) is 1. The van der Waals surface area contributed by atoms with Crippen LogP contribution in [-0.2, 0) is 26.2 Å². The Balaban J connectivity index is 2.07. The molecule has 0 fully saturated rings. The lowest BCUT2D eigenvalue weighted by Crippen LogP contribution is -2.51. The number of aryl methyl sites for hydroxylation is 1. The van der Waals surface area contributed by atoms with Gasteiger partial charge in [0.05, 0.1) is 17.2 Å². The van der Waals surface area contributed by atoms with Crippen LogP contribution in [0.1, 0.15) is 44.7 Å². The maximum absolute atomic E-state index is 14.2. The molecule has 3 aromatic rings. The minimum atomic E-state index is -4.20. The van der Waals surface area contributed by atoms with Gasteiger partial charge in [0.1, 0.15) is 18.3 Å². The second-order valence-corrected chi connectivity index (χ2v) is 12.6. The smallest absolute Gasteiger partial charge is 0.264 e. The van der Waals surface area contributed by atoms with Gasteiger partial charge in [0.25, 0.3) is 10.0 Å². The van der Waals surface area contributed by atoms with E-state index in [9.17, 15) is 18.0 Å². The van der Waals surface area contributed by atoms with Crippen molar-refractivity contribution in [2.24, 2.45) is 0 Å². The molecule has 0 spiro atoms. The minimum absolute atomic E-state index is 0.0511. The van der Waals surface area contributed by atoms with E-state index < -0.39 is 28.5 Å². The highest BCUT2D eigenvalue weighted by atomic mass is 32.2. The van der Waals surface area contributed by atoms with Gasteiger partial charge in [-0.05, 0) is 81.0 Å². The Morgan fingerprint density at radius 1 is 0.976 bits per heavy atom. The fourth-order valence-electron chi connectivity index (χ4n) is 4.42. The van der Waals surface area contributed by atoms with Crippen LogP contribution in [0, 0.1) is 6.92 Å². The third kappa shape index (κ3) is 8.29. The van der Waals surface area contributed by atoms with Gasteiger partial charge in [0.2, 0.25) is 11.8 Å². The maximum Gasteiger partial charge on any atom is 0.264 e. The monoisotopic (exact) mass is 611 g/mol. The Hall–Kier alpha value is -3.50. The van der Waals surface area contributed by atoms with Crippen LogP contribution in [0.3, 0.4) is 0 Å². The zero-order chi connectivity index (χ0) is 30.7. The average Bonchev–Trinajstić information content (AvgIpc) is 2.99. The van der Waals surface area contributed by atoms with E-state index in [0.29, 0.717) is 18.9 Å². The summed E-state index contributed by atoms with van der Waals surface area (Å²) in [5.41, 5.74) is 2.09. The lowest BCUT2D eigenvalue weighted by atomic mass is 10.1. The second-order valence-electron chi connectivity index (χ2n) is 9.86. The number of carbonyl (C=O) groups excluding carboxylic acids is 2. The Morgan fingerprint density at radius 2 is 1.64 bits per heavy atom. The Kier molecular flexibility index (Phi) is 12.3. The number of hydrogen-bond donors (Lipinski definition) is 1. The molecule has 0 aliphatic rings. The van der Waals surface area contributed by atoms with Crippen molar-refractivity contribution in [1.82, 2.24) is 10.2 Å². The fraction of sp³-hybridized carbons (Fsp3) is 0.375. The zero-order valence-corrected chi connectivity index (χ0v) is 26.6. The van der Waals surface area contributed by atoms with E-state index in [1.165, 1.54) is 28.8 Å². The molecule has 0 saturated carbocycles. The number of thioether (sulfide) groups is 1. The molecular weight excluding hydrogens is 571 g/mol. The summed E-state index contributed by atoms with van der Waals surface area (Å²) in [6, 6.07) is 20.1. The molecule has 8 nitrogen and oxygen atoms in total. The molecule has 3 aromatic carbocycles. The van der Waals surface area contributed by atoms with Gasteiger partial charge >= 0.3 is 0 Å². The lowest BCUT2D eigenvalue weighted by molar-refractivity contribution is -0.139. The summed E-state index contributed by atoms with van der Waals surface area (Å²) in [4.78, 5) is 29.7. The molecule has 0 bridgehead atoms. The van der Waals surface area contributed by atoms with Crippen molar-refractivity contribution in [3.63, 3.8) is 0 Å². The fourth-order valence-corrected chi connectivity index (χ4v) is 6.25. The maximum atomic E-state index is 14.2. The number of carbonyl (C=O) groups is 2. The van der Waals surface area contributed by atoms with Crippen LogP contribution < -0.4 is 14.4 Å². The summed E-state index contributed by atoms with van der Waals surface area (Å²) in [6.45, 7) is 7.91. The van der Waals surface area contributed by atoms with Crippen molar-refractivity contribution in [3.05, 3.63) is 83.9 Å². The van der Waals surface area contributed by atoms with Gasteiger partial charge in [-0.2, -0.15) is 0 Å². The quantitative estimate of drug-likeness (QED) is 0.176. The number of amides is 2. The molecule has 0 aliphatic carbocycles. The first-order valence-corrected chi connectivity index (χ1v) is 16.8. The van der Waals surface area contributed by atoms with Crippen LogP contribution in [0.25, 0.3) is 0 Å². The molecule has 0 saturated heterocycles. The topological polar surface area (TPSA) is 96.0 Å². The van der Waals surface area contributed by atoms with Crippen molar-refractivity contribution in [3.8, 4) is 5.75 Å². The van der Waals surface area contributed by atoms with E-state index in [1.54, 1.807) is 43.3 Å². The van der Waals surface area contributed by atoms with Gasteiger partial charge in [-0.15, -0.1) is 11.8 Å². The van der Waals surface area contributed by atoms with Crippen LogP contribution in [0.4, 0.5) is 5.69 Å². The summed E-state index contributed by atoms with van der Waals surface area (Å²) < 4.78 is 35.2. The van der Waals surface area contributed by atoms with Crippen molar-refractivity contribution in [2.75, 3.05) is 30.3 Å². The number of anilines is 1. The number of sulfonamides is 1. The highest BCUT2D eigenvalue weighted by molar-refractivity contribution is 7.98. The van der Waals surface area contributed by atoms with E-state index in [-0.39, 0.29) is 23.0 Å². The Labute approximate surface area is 254 Å². The summed E-state index contributed by atoms with van der Waals surface area (Å²) in [5.74, 6) is -0.456. The SMILES string of the molecule is CCCCNC(=O)[C@H](C)N(Cc1ccccc1C)C(=O)CN(c1ccccc1OCC)S(=O)(=O)c1ccc(SC)cc1. The van der Waals surface area contributed by atoms with Gasteiger partial charge in [0, 0.05) is 18.0 Å². The van der Waals surface area contributed by atoms with E-state index >= 15 is 0 Å². The van der Waals surface area contributed by atoms with Crippen LogP contribution in [0.5, 0.6) is 5.75 Å². The molecular formula is C32H41N3O5S2. The van der Waals surface area contributed by atoms with Crippen LogP contribution >= 0.6 is 11.8 Å². The third-order valence-corrected chi connectivity index (χ3v) is 9.48. The molecule has 0 unspecified atom stereocenters. The van der Waals surface area contributed by atoms with E-state index in [4.69, 9.17) is 4.74 Å². The van der Waals surface area contributed by atoms with Crippen molar-refractivity contribution in [2.45, 2.75) is 62.9 Å². The summed E-state index contributed by atoms with van der Waals surface area (Å²) in [6.07, 6.45) is 3.65. The van der Waals surface area contributed by atoms with Gasteiger partial charge < -0.3 is 15.0 Å². The summed E-state index contributed by atoms with van der Waals surface area (Å²) in [7, 11) is -4.20. The molecule has 0 aliphatic heterocycles. The predicted molar refractivity (Wildman–Crippen MR) is 169 cm³/mol. The minimum Gasteiger partial charge on any atom is -0.492 e. The average molecular weight is 612 g/mol. The molecule has 0 heterocycles. The zero-order valence-electron chi connectivity index (χ0n) is 25.0. The normalized spacial score (nSPS) is 11.9. The number of nitrogens with one attached hydrogen (secondary N) is 1. The predicted octanol–water partition coefficient (Wildman–Crippen LogP) is 5.64. The number of para-hydroxylation sites is 2. The molecule has 226 valence electrons. The van der Waals surface area contributed by atoms with Crippen molar-refractivity contribution >= 4 is 39.3 Å². The first-order valence-electron chi connectivity index (χ1n) is 14.1. The molecule has 42 heavy (non-hydrogen) atoms.